The van der Waals surface area contributed by atoms with Crippen LogP contribution in [0.4, 0.5) is 8.78 Å². The minimum Gasteiger partial charge on any atom is -0.429 e. The maximum atomic E-state index is 15.9. The van der Waals surface area contributed by atoms with Gasteiger partial charge in [0.25, 0.3) is 0 Å². The smallest absolute Gasteiger partial charge is 0.422 e. The van der Waals surface area contributed by atoms with Gasteiger partial charge < -0.3 is 4.74 Å². The molecule has 1 atom stereocenters. The topological polar surface area (TPSA) is 9.23 Å². The number of ether oxygens (including phenoxy) is 1. The molecular weight excluding hydrogens is 619 g/mol. The Labute approximate surface area is 306 Å². The van der Waals surface area contributed by atoms with Gasteiger partial charge in [-0.05, 0) is 167 Å². The van der Waals surface area contributed by atoms with Crippen molar-refractivity contribution in [3.8, 4) is 5.75 Å². The Balaban J connectivity index is 0.974. The fourth-order valence-corrected chi connectivity index (χ4v) is 11.6. The van der Waals surface area contributed by atoms with Gasteiger partial charge in [-0.25, -0.2) is 0 Å². The lowest BCUT2D eigenvalue weighted by Crippen LogP contribution is -2.31. The summed E-state index contributed by atoms with van der Waals surface area (Å²) in [6, 6.07) is 0. The number of alkyl halides is 2. The third-order valence-corrected chi connectivity index (χ3v) is 15.5. The lowest BCUT2D eigenvalue weighted by molar-refractivity contribution is -0.146. The van der Waals surface area contributed by atoms with Crippen LogP contribution in [-0.2, 0) is 6.42 Å². The van der Waals surface area contributed by atoms with Gasteiger partial charge in [-0.15, -0.1) is 0 Å². The molecule has 1 unspecified atom stereocenters. The van der Waals surface area contributed by atoms with Crippen molar-refractivity contribution >= 4 is 0 Å². The molecule has 1 aromatic carbocycles. The summed E-state index contributed by atoms with van der Waals surface area (Å²) in [5.74, 6) is 8.15. The molecule has 282 valence electrons. The van der Waals surface area contributed by atoms with Crippen molar-refractivity contribution in [1.29, 1.82) is 0 Å². The van der Waals surface area contributed by atoms with Gasteiger partial charge in [-0.3, -0.25) is 0 Å². The van der Waals surface area contributed by atoms with Crippen molar-refractivity contribution in [2.45, 2.75) is 195 Å². The lowest BCUT2D eigenvalue weighted by Gasteiger charge is -2.35. The van der Waals surface area contributed by atoms with Crippen LogP contribution in [0.25, 0.3) is 0 Å². The molecule has 0 N–H and O–H groups in total. The monoisotopic (exact) mass is 693 g/mol. The molecule has 4 saturated carbocycles. The van der Waals surface area contributed by atoms with E-state index in [9.17, 15) is 0 Å². The van der Waals surface area contributed by atoms with E-state index in [2.05, 4.69) is 27.7 Å². The van der Waals surface area contributed by atoms with E-state index in [4.69, 9.17) is 4.74 Å². The van der Waals surface area contributed by atoms with Crippen LogP contribution in [0, 0.1) is 81.0 Å². The highest BCUT2D eigenvalue weighted by molar-refractivity contribution is 5.54. The average molecular weight is 693 g/mol. The van der Waals surface area contributed by atoms with E-state index in [0.29, 0.717) is 24.0 Å². The molecule has 0 aliphatic heterocycles. The van der Waals surface area contributed by atoms with Crippen LogP contribution < -0.4 is 4.74 Å². The highest BCUT2D eigenvalue weighted by Crippen LogP contribution is 2.45. The van der Waals surface area contributed by atoms with Gasteiger partial charge in [0, 0.05) is 5.57 Å². The predicted octanol–water partition coefficient (Wildman–Crippen LogP) is 14.6. The predicted molar refractivity (Wildman–Crippen MR) is 207 cm³/mol. The second-order valence-electron chi connectivity index (χ2n) is 19.2. The summed E-state index contributed by atoms with van der Waals surface area (Å²) >= 11 is 0. The summed E-state index contributed by atoms with van der Waals surface area (Å²) < 4.78 is 37.5. The van der Waals surface area contributed by atoms with Crippen LogP contribution >= 0.6 is 0 Å². The summed E-state index contributed by atoms with van der Waals surface area (Å²) in [7, 11) is 0. The molecule has 6 rings (SSSR count). The van der Waals surface area contributed by atoms with E-state index in [1.54, 1.807) is 0 Å². The Morgan fingerprint density at radius 1 is 0.520 bits per heavy atom. The minimum absolute atomic E-state index is 0.205. The third-order valence-electron chi connectivity index (χ3n) is 15.5. The van der Waals surface area contributed by atoms with Crippen LogP contribution in [0.1, 0.15) is 183 Å². The maximum Gasteiger partial charge on any atom is 0.422 e. The maximum absolute atomic E-state index is 15.9. The number of hydrogen-bond acceptors (Lipinski definition) is 1. The first-order chi connectivity index (χ1) is 23.9. The molecule has 50 heavy (non-hydrogen) atoms. The number of allylic oxidation sites excluding steroid dienone is 1. The van der Waals surface area contributed by atoms with Gasteiger partial charge in [-0.1, -0.05) is 110 Å². The molecule has 5 aliphatic rings. The summed E-state index contributed by atoms with van der Waals surface area (Å²) in [6.45, 7) is 13.1. The van der Waals surface area contributed by atoms with Crippen molar-refractivity contribution in [2.24, 2.45) is 53.3 Å². The minimum atomic E-state index is -3.25. The van der Waals surface area contributed by atoms with Crippen molar-refractivity contribution in [3.05, 3.63) is 39.5 Å². The molecule has 0 bridgehead atoms. The average Bonchev–Trinajstić information content (AvgIpc) is 3.11. The standard InChI is InChI=1S/C47H74F2O/c1-31-7-11-37(12-8-31)27-39-15-17-40(18-16-39)29-42-23-25-44(26-24-42)47(48,49)50-46-35(5)33(3)45(34(4)36(46)6)30-43-21-19-41(20-22-43)28-38-13-9-32(2)10-14-38/h25,31-32,37-43H,7-24,26-30H2,1-6H3. The van der Waals surface area contributed by atoms with Crippen LogP contribution in [0.15, 0.2) is 11.6 Å². The Hall–Kier alpha value is -1.38. The molecule has 4 fully saturated rings. The second kappa shape index (κ2) is 17.2. The van der Waals surface area contributed by atoms with Crippen LogP contribution in [0.3, 0.4) is 0 Å². The first-order valence-electron chi connectivity index (χ1n) is 21.8. The Kier molecular flexibility index (Phi) is 13.2. The van der Waals surface area contributed by atoms with Crippen molar-refractivity contribution in [3.63, 3.8) is 0 Å². The highest BCUT2D eigenvalue weighted by Gasteiger charge is 2.40. The number of rotatable bonds is 11. The van der Waals surface area contributed by atoms with Crippen LogP contribution in [-0.4, -0.2) is 6.11 Å². The zero-order valence-electron chi connectivity index (χ0n) is 33.2. The molecule has 5 aliphatic carbocycles. The largest absolute Gasteiger partial charge is 0.429 e. The molecule has 0 aromatic heterocycles. The normalized spacial score (nSPS) is 34.3. The number of halogens is 2. The summed E-state index contributed by atoms with van der Waals surface area (Å²) in [5.41, 5.74) is 5.74. The van der Waals surface area contributed by atoms with E-state index in [0.717, 1.165) is 82.9 Å². The van der Waals surface area contributed by atoms with Gasteiger partial charge in [0.2, 0.25) is 0 Å². The fraction of sp³-hybridized carbons (Fsp3) is 0.830. The van der Waals surface area contributed by atoms with Crippen molar-refractivity contribution in [1.82, 2.24) is 0 Å². The second-order valence-corrected chi connectivity index (χ2v) is 19.2. The molecular formula is C47H74F2O. The highest BCUT2D eigenvalue weighted by atomic mass is 19.3. The number of benzene rings is 1. The molecule has 3 heteroatoms. The van der Waals surface area contributed by atoms with Gasteiger partial charge >= 0.3 is 6.11 Å². The summed E-state index contributed by atoms with van der Waals surface area (Å²) in [6.07, 6.45) is 28.4. The van der Waals surface area contributed by atoms with E-state index < -0.39 is 6.11 Å². The van der Waals surface area contributed by atoms with Gasteiger partial charge in [-0.2, -0.15) is 8.78 Å². The van der Waals surface area contributed by atoms with Crippen LogP contribution in [0.5, 0.6) is 5.75 Å². The Morgan fingerprint density at radius 3 is 1.30 bits per heavy atom. The van der Waals surface area contributed by atoms with Gasteiger partial charge in [0.1, 0.15) is 5.75 Å². The van der Waals surface area contributed by atoms with E-state index in [1.165, 1.54) is 128 Å². The van der Waals surface area contributed by atoms with Crippen LogP contribution in [0.2, 0.25) is 0 Å². The fourth-order valence-electron chi connectivity index (χ4n) is 11.6. The van der Waals surface area contributed by atoms with E-state index in [-0.39, 0.29) is 5.57 Å². The van der Waals surface area contributed by atoms with E-state index >= 15 is 8.78 Å². The summed E-state index contributed by atoms with van der Waals surface area (Å²) in [5, 5.41) is 0. The third kappa shape index (κ3) is 9.78. The van der Waals surface area contributed by atoms with Crippen molar-refractivity contribution < 1.29 is 13.5 Å². The number of hydrogen-bond donors (Lipinski definition) is 0. The van der Waals surface area contributed by atoms with Gasteiger partial charge in [0.15, 0.2) is 0 Å². The zero-order chi connectivity index (χ0) is 35.4. The molecule has 1 aromatic rings. The first kappa shape index (κ1) is 38.3. The first-order valence-corrected chi connectivity index (χ1v) is 21.8. The Morgan fingerprint density at radius 2 is 0.900 bits per heavy atom. The molecule has 0 spiro atoms. The SMILES string of the molecule is Cc1c(C)c(OC(F)(F)C2=CCC(CC3CCC(CC4CCC(C)CC4)CC3)CC2)c(C)c(C)c1CC1CCC(CC2CCC(C)CC2)CC1. The van der Waals surface area contributed by atoms with Gasteiger partial charge in [0.05, 0.1) is 0 Å². The molecule has 1 nitrogen and oxygen atoms in total. The van der Waals surface area contributed by atoms with E-state index in [1.807, 2.05) is 19.9 Å². The zero-order valence-corrected chi connectivity index (χ0v) is 33.2. The molecule has 0 radical (unpaired) electrons. The van der Waals surface area contributed by atoms with Crippen molar-refractivity contribution in [2.75, 3.05) is 0 Å². The molecule has 0 saturated heterocycles. The molecule has 0 heterocycles. The quantitative estimate of drug-likeness (QED) is 0.210. The Bertz CT molecular complexity index is 1230. The lowest BCUT2D eigenvalue weighted by atomic mass is 9.71. The summed E-state index contributed by atoms with van der Waals surface area (Å²) in [4.78, 5) is 0. The molecule has 0 amide bonds.